The Morgan fingerprint density at radius 3 is 3.12 bits per heavy atom. The zero-order valence-corrected chi connectivity index (χ0v) is 14.1. The summed E-state index contributed by atoms with van der Waals surface area (Å²) in [5.41, 5.74) is 3.88. The molecule has 1 saturated heterocycles. The van der Waals surface area contributed by atoms with Crippen molar-refractivity contribution in [3.8, 4) is 0 Å². The van der Waals surface area contributed by atoms with E-state index in [-0.39, 0.29) is 17.6 Å². The lowest BCUT2D eigenvalue weighted by Gasteiger charge is -2.33. The van der Waals surface area contributed by atoms with E-state index in [0.29, 0.717) is 0 Å². The maximum Gasteiger partial charge on any atom is 0.221 e. The molecule has 0 saturated carbocycles. The minimum absolute atomic E-state index is 0.0966. The molecule has 1 aromatic heterocycles. The lowest BCUT2D eigenvalue weighted by atomic mass is 9.93. The summed E-state index contributed by atoms with van der Waals surface area (Å²) in [4.78, 5) is 13.7. The number of hydrogen-bond acceptors (Lipinski definition) is 3. The van der Waals surface area contributed by atoms with Crippen LogP contribution in [-0.2, 0) is 11.3 Å². The second-order valence-electron chi connectivity index (χ2n) is 6.52. The molecule has 2 heterocycles. The zero-order valence-electron chi connectivity index (χ0n) is 14.1. The summed E-state index contributed by atoms with van der Waals surface area (Å²) in [6.45, 7) is 6.11. The van der Waals surface area contributed by atoms with Crippen molar-refractivity contribution in [2.24, 2.45) is 0 Å². The van der Waals surface area contributed by atoms with Crippen LogP contribution in [0.2, 0.25) is 0 Å². The number of carbonyl (C=O) groups excluding carboxylic acids is 1. The van der Waals surface area contributed by atoms with Gasteiger partial charge in [-0.25, -0.2) is 4.39 Å². The Kier molecular flexibility index (Phi) is 4.94. The van der Waals surface area contributed by atoms with Crippen LogP contribution in [0.3, 0.4) is 0 Å². The summed E-state index contributed by atoms with van der Waals surface area (Å²) in [5.74, 6) is 0.00309. The molecule has 1 amide bonds. The number of aryl methyl sites for hydroxylation is 1. The molecule has 1 atom stereocenters. The van der Waals surface area contributed by atoms with Gasteiger partial charge in [0.1, 0.15) is 5.82 Å². The van der Waals surface area contributed by atoms with E-state index < -0.39 is 0 Å². The highest BCUT2D eigenvalue weighted by Gasteiger charge is 2.25. The van der Waals surface area contributed by atoms with Crippen molar-refractivity contribution >= 4 is 11.6 Å². The van der Waals surface area contributed by atoms with Gasteiger partial charge in [0.05, 0.1) is 17.6 Å². The summed E-state index contributed by atoms with van der Waals surface area (Å²) in [7, 11) is 0. The van der Waals surface area contributed by atoms with Crippen molar-refractivity contribution < 1.29 is 9.18 Å². The number of nitrogens with one attached hydrogen (secondary N) is 2. The van der Waals surface area contributed by atoms with E-state index in [1.165, 1.54) is 13.0 Å². The van der Waals surface area contributed by atoms with Crippen molar-refractivity contribution in [1.82, 2.24) is 15.1 Å². The second kappa shape index (κ2) is 7.13. The highest BCUT2D eigenvalue weighted by molar-refractivity contribution is 5.89. The van der Waals surface area contributed by atoms with Crippen molar-refractivity contribution in [1.29, 1.82) is 0 Å². The van der Waals surface area contributed by atoms with E-state index in [1.54, 1.807) is 12.3 Å². The Morgan fingerprint density at radius 2 is 2.33 bits per heavy atom. The molecule has 0 spiro atoms. The number of halogens is 1. The highest BCUT2D eigenvalue weighted by Crippen LogP contribution is 2.31. The lowest BCUT2D eigenvalue weighted by molar-refractivity contribution is -0.114. The molecule has 1 aliphatic rings. The molecule has 2 aromatic rings. The van der Waals surface area contributed by atoms with Crippen molar-refractivity contribution in [2.75, 3.05) is 18.4 Å². The first kappa shape index (κ1) is 16.6. The van der Waals surface area contributed by atoms with Crippen LogP contribution < -0.4 is 5.32 Å². The van der Waals surface area contributed by atoms with Gasteiger partial charge >= 0.3 is 0 Å². The number of aromatic amines is 1. The fourth-order valence-electron chi connectivity index (χ4n) is 3.38. The first-order valence-corrected chi connectivity index (χ1v) is 8.31. The summed E-state index contributed by atoms with van der Waals surface area (Å²) in [6.07, 6.45) is 3.78. The molecule has 1 aliphatic heterocycles. The number of carbonyl (C=O) groups is 1. The van der Waals surface area contributed by atoms with Gasteiger partial charge in [0, 0.05) is 25.9 Å². The van der Waals surface area contributed by atoms with E-state index in [2.05, 4.69) is 20.4 Å². The van der Waals surface area contributed by atoms with Crippen LogP contribution in [0.4, 0.5) is 10.1 Å². The van der Waals surface area contributed by atoms with E-state index in [4.69, 9.17) is 0 Å². The number of likely N-dealkylation sites (tertiary alicyclic amines) is 1. The van der Waals surface area contributed by atoms with E-state index in [1.807, 2.05) is 13.0 Å². The molecule has 6 heteroatoms. The van der Waals surface area contributed by atoms with Crippen molar-refractivity contribution in [3.63, 3.8) is 0 Å². The van der Waals surface area contributed by atoms with Gasteiger partial charge in [0.25, 0.3) is 0 Å². The molecular weight excluding hydrogens is 307 g/mol. The molecule has 3 rings (SSSR count). The molecule has 1 aromatic carbocycles. The average molecular weight is 330 g/mol. The van der Waals surface area contributed by atoms with Crippen LogP contribution >= 0.6 is 0 Å². The first-order valence-electron chi connectivity index (χ1n) is 8.31. The molecule has 0 radical (unpaired) electrons. The van der Waals surface area contributed by atoms with E-state index in [9.17, 15) is 9.18 Å². The number of benzene rings is 1. The lowest BCUT2D eigenvalue weighted by Crippen LogP contribution is -2.34. The monoisotopic (exact) mass is 330 g/mol. The van der Waals surface area contributed by atoms with Crippen LogP contribution in [0.15, 0.2) is 24.4 Å². The van der Waals surface area contributed by atoms with Crippen molar-refractivity contribution in [3.05, 3.63) is 47.0 Å². The van der Waals surface area contributed by atoms with Gasteiger partial charge in [-0.05, 0) is 49.6 Å². The molecular formula is C18H23FN4O. The molecule has 2 N–H and O–H groups in total. The summed E-state index contributed by atoms with van der Waals surface area (Å²) >= 11 is 0. The highest BCUT2D eigenvalue weighted by atomic mass is 19.1. The van der Waals surface area contributed by atoms with Crippen LogP contribution in [0.1, 0.15) is 42.5 Å². The topological polar surface area (TPSA) is 61.0 Å². The van der Waals surface area contributed by atoms with Crippen molar-refractivity contribution in [2.45, 2.75) is 39.2 Å². The van der Waals surface area contributed by atoms with E-state index >= 15 is 0 Å². The third-order valence-electron chi connectivity index (χ3n) is 4.60. The fraction of sp³-hybridized carbons (Fsp3) is 0.444. The molecule has 1 fully saturated rings. The second-order valence-corrected chi connectivity index (χ2v) is 6.52. The molecule has 0 aliphatic carbocycles. The van der Waals surface area contributed by atoms with Gasteiger partial charge < -0.3 is 5.32 Å². The Labute approximate surface area is 141 Å². The SMILES string of the molecule is CC(=O)Nc1cn[nH]c1C1CCCN(Cc2cc(F)ccc2C)C1. The van der Waals surface area contributed by atoms with Crippen LogP contribution in [0, 0.1) is 12.7 Å². The minimum Gasteiger partial charge on any atom is -0.323 e. The first-order chi connectivity index (χ1) is 11.5. The number of nitrogens with zero attached hydrogens (tertiary/aromatic N) is 2. The predicted octanol–water partition coefficient (Wildman–Crippen LogP) is 3.20. The largest absolute Gasteiger partial charge is 0.323 e. The fourth-order valence-corrected chi connectivity index (χ4v) is 3.38. The van der Waals surface area contributed by atoms with Gasteiger partial charge in [0.15, 0.2) is 0 Å². The molecule has 5 nitrogen and oxygen atoms in total. The normalized spacial score (nSPS) is 18.5. The standard InChI is InChI=1S/C18H23FN4O/c1-12-5-6-16(19)8-15(12)11-23-7-3-4-14(10-23)18-17(9-20-22-18)21-13(2)24/h5-6,8-9,14H,3-4,7,10-11H2,1-2H3,(H,20,22)(H,21,24). The number of amides is 1. The number of hydrogen-bond donors (Lipinski definition) is 2. The maximum absolute atomic E-state index is 13.5. The number of anilines is 1. The van der Waals surface area contributed by atoms with Gasteiger partial charge in [-0.15, -0.1) is 0 Å². The number of piperidine rings is 1. The summed E-state index contributed by atoms with van der Waals surface area (Å²) in [5, 5.41) is 9.94. The predicted molar refractivity (Wildman–Crippen MR) is 91.3 cm³/mol. The Morgan fingerprint density at radius 1 is 1.50 bits per heavy atom. The van der Waals surface area contributed by atoms with Gasteiger partial charge in [0.2, 0.25) is 5.91 Å². The number of aromatic nitrogens is 2. The number of H-pyrrole nitrogens is 1. The number of rotatable bonds is 4. The van der Waals surface area contributed by atoms with Crippen LogP contribution in [-0.4, -0.2) is 34.1 Å². The zero-order chi connectivity index (χ0) is 17.1. The minimum atomic E-state index is -0.189. The molecule has 128 valence electrons. The van der Waals surface area contributed by atoms with Gasteiger partial charge in [-0.1, -0.05) is 6.07 Å². The van der Waals surface area contributed by atoms with Gasteiger partial charge in [-0.3, -0.25) is 14.8 Å². The van der Waals surface area contributed by atoms with E-state index in [0.717, 1.165) is 55.0 Å². The quantitative estimate of drug-likeness (QED) is 0.905. The molecule has 0 bridgehead atoms. The smallest absolute Gasteiger partial charge is 0.221 e. The van der Waals surface area contributed by atoms with Crippen LogP contribution in [0.25, 0.3) is 0 Å². The van der Waals surface area contributed by atoms with Gasteiger partial charge in [-0.2, -0.15) is 5.10 Å². The summed E-state index contributed by atoms with van der Waals surface area (Å²) < 4.78 is 13.5. The Balaban J connectivity index is 1.72. The van der Waals surface area contributed by atoms with Crippen LogP contribution in [0.5, 0.6) is 0 Å². The molecule has 1 unspecified atom stereocenters. The maximum atomic E-state index is 13.5. The summed E-state index contributed by atoms with van der Waals surface area (Å²) in [6, 6.07) is 4.95. The third-order valence-corrected chi connectivity index (χ3v) is 4.60. The Bertz CT molecular complexity index is 728. The Hall–Kier alpha value is -2.21. The molecule has 24 heavy (non-hydrogen) atoms. The average Bonchev–Trinajstić information content (AvgIpc) is 2.98. The third kappa shape index (κ3) is 3.82.